The molecule has 0 aliphatic rings. The largest absolute Gasteiger partial charge is 0.466 e. The molecule has 1 unspecified atom stereocenters. The summed E-state index contributed by atoms with van der Waals surface area (Å²) in [6.45, 7) is 8.59. The number of unbranched alkanes of at least 4 members (excludes halogenated alkanes) is 3. The second kappa shape index (κ2) is 13.0. The van der Waals surface area contributed by atoms with Crippen LogP contribution in [-0.4, -0.2) is 39.5 Å². The van der Waals surface area contributed by atoms with Gasteiger partial charge in [-0.05, 0) is 57.0 Å². The van der Waals surface area contributed by atoms with E-state index in [1.165, 1.54) is 0 Å². The van der Waals surface area contributed by atoms with E-state index >= 15 is 0 Å². The second-order valence-corrected chi connectivity index (χ2v) is 9.10. The van der Waals surface area contributed by atoms with E-state index in [4.69, 9.17) is 9.72 Å². The van der Waals surface area contributed by atoms with Crippen molar-refractivity contribution in [3.05, 3.63) is 70.3 Å². The summed E-state index contributed by atoms with van der Waals surface area (Å²) in [5.74, 6) is -0.0283. The third-order valence-corrected chi connectivity index (χ3v) is 6.32. The molecular formula is C29H37N3O4. The van der Waals surface area contributed by atoms with Crippen molar-refractivity contribution in [2.45, 2.75) is 72.3 Å². The maximum Gasteiger partial charge on any atom is 0.306 e. The van der Waals surface area contributed by atoms with Crippen LogP contribution in [0.3, 0.4) is 0 Å². The highest BCUT2D eigenvalue weighted by Gasteiger charge is 2.27. The van der Waals surface area contributed by atoms with E-state index in [2.05, 4.69) is 6.92 Å². The van der Waals surface area contributed by atoms with Gasteiger partial charge in [-0.3, -0.25) is 19.0 Å². The predicted octanol–water partition coefficient (Wildman–Crippen LogP) is 5.51. The smallest absolute Gasteiger partial charge is 0.306 e. The number of fused-ring (bicyclic) bond motifs is 1. The molecule has 0 N–H and O–H groups in total. The van der Waals surface area contributed by atoms with Crippen LogP contribution in [-0.2, 0) is 14.3 Å². The Morgan fingerprint density at radius 1 is 1.03 bits per heavy atom. The Kier molecular flexibility index (Phi) is 9.79. The number of aryl methyl sites for hydroxylation is 1. The molecule has 0 radical (unpaired) electrons. The number of carbonyl (C=O) groups is 2. The third kappa shape index (κ3) is 6.59. The SMILES string of the molecule is CCCCCCN(C(=O)CCC(=O)OCC)C(C)c1nc2ccccc2c(=O)n1-c1cccc(C)c1. The minimum atomic E-state index is -0.473. The van der Waals surface area contributed by atoms with Crippen molar-refractivity contribution < 1.29 is 14.3 Å². The quantitative estimate of drug-likeness (QED) is 0.247. The summed E-state index contributed by atoms with van der Waals surface area (Å²) in [7, 11) is 0. The summed E-state index contributed by atoms with van der Waals surface area (Å²) in [5, 5.41) is 0.526. The fraction of sp³-hybridized carbons (Fsp3) is 0.448. The molecule has 36 heavy (non-hydrogen) atoms. The van der Waals surface area contributed by atoms with E-state index in [9.17, 15) is 14.4 Å². The van der Waals surface area contributed by atoms with Gasteiger partial charge >= 0.3 is 5.97 Å². The molecule has 7 heteroatoms. The monoisotopic (exact) mass is 491 g/mol. The third-order valence-electron chi connectivity index (χ3n) is 6.32. The van der Waals surface area contributed by atoms with Gasteiger partial charge in [-0.1, -0.05) is 50.5 Å². The number of ether oxygens (including phenoxy) is 1. The fourth-order valence-corrected chi connectivity index (χ4v) is 4.42. The van der Waals surface area contributed by atoms with Gasteiger partial charge in [0, 0.05) is 13.0 Å². The molecular weight excluding hydrogens is 454 g/mol. The minimum Gasteiger partial charge on any atom is -0.466 e. The first-order valence-corrected chi connectivity index (χ1v) is 12.9. The average molecular weight is 492 g/mol. The van der Waals surface area contributed by atoms with Gasteiger partial charge < -0.3 is 9.64 Å². The highest BCUT2D eigenvalue weighted by atomic mass is 16.5. The molecule has 7 nitrogen and oxygen atoms in total. The number of benzene rings is 2. The van der Waals surface area contributed by atoms with E-state index in [1.807, 2.05) is 56.3 Å². The molecule has 0 fully saturated rings. The van der Waals surface area contributed by atoms with Crippen LogP contribution in [0.1, 0.15) is 76.7 Å². The Balaban J connectivity index is 2.06. The number of aromatic nitrogens is 2. The lowest BCUT2D eigenvalue weighted by molar-refractivity contribution is -0.146. The van der Waals surface area contributed by atoms with Crippen molar-refractivity contribution in [1.29, 1.82) is 0 Å². The van der Waals surface area contributed by atoms with E-state index in [-0.39, 0.29) is 36.9 Å². The first-order valence-electron chi connectivity index (χ1n) is 12.9. The zero-order valence-corrected chi connectivity index (χ0v) is 21.8. The van der Waals surface area contributed by atoms with Crippen LogP contribution < -0.4 is 5.56 Å². The lowest BCUT2D eigenvalue weighted by atomic mass is 10.1. The molecule has 1 aromatic heterocycles. The number of carbonyl (C=O) groups excluding carboxylic acids is 2. The van der Waals surface area contributed by atoms with Gasteiger partial charge in [0.15, 0.2) is 0 Å². The maximum absolute atomic E-state index is 13.7. The number of para-hydroxylation sites is 1. The van der Waals surface area contributed by atoms with Crippen molar-refractivity contribution in [1.82, 2.24) is 14.5 Å². The molecule has 2 aromatic carbocycles. The zero-order valence-electron chi connectivity index (χ0n) is 21.8. The first kappa shape index (κ1) is 27.1. The van der Waals surface area contributed by atoms with E-state index < -0.39 is 6.04 Å². The Morgan fingerprint density at radius 3 is 2.53 bits per heavy atom. The van der Waals surface area contributed by atoms with Crippen LogP contribution in [0, 0.1) is 6.92 Å². The molecule has 0 aliphatic heterocycles. The van der Waals surface area contributed by atoms with Crippen LogP contribution in [0.2, 0.25) is 0 Å². The van der Waals surface area contributed by atoms with E-state index in [1.54, 1.807) is 22.5 Å². The van der Waals surface area contributed by atoms with Gasteiger partial charge in [0.2, 0.25) is 5.91 Å². The van der Waals surface area contributed by atoms with Gasteiger partial charge in [-0.25, -0.2) is 4.98 Å². The lowest BCUT2D eigenvalue weighted by Gasteiger charge is -2.31. The van der Waals surface area contributed by atoms with E-state index in [0.29, 0.717) is 29.0 Å². The molecule has 0 spiro atoms. The number of rotatable bonds is 12. The number of hydrogen-bond donors (Lipinski definition) is 0. The lowest BCUT2D eigenvalue weighted by Crippen LogP contribution is -2.38. The molecule has 1 amide bonds. The normalized spacial score (nSPS) is 11.9. The molecule has 1 atom stereocenters. The minimum absolute atomic E-state index is 0.0285. The molecule has 3 aromatic rings. The second-order valence-electron chi connectivity index (χ2n) is 9.10. The Bertz CT molecular complexity index is 1250. The van der Waals surface area contributed by atoms with Crippen LogP contribution in [0.25, 0.3) is 16.6 Å². The van der Waals surface area contributed by atoms with Crippen molar-refractivity contribution in [2.75, 3.05) is 13.2 Å². The fourth-order valence-electron chi connectivity index (χ4n) is 4.42. The van der Waals surface area contributed by atoms with Gasteiger partial charge in [0.05, 0.1) is 35.7 Å². The first-order chi connectivity index (χ1) is 17.4. The molecule has 0 saturated heterocycles. The van der Waals surface area contributed by atoms with Gasteiger partial charge in [-0.15, -0.1) is 0 Å². The van der Waals surface area contributed by atoms with Crippen LogP contribution >= 0.6 is 0 Å². The molecule has 0 bridgehead atoms. The molecule has 0 aliphatic carbocycles. The van der Waals surface area contributed by atoms with Crippen LogP contribution in [0.5, 0.6) is 0 Å². The van der Waals surface area contributed by atoms with Crippen molar-refractivity contribution in [2.24, 2.45) is 0 Å². The average Bonchev–Trinajstić information content (AvgIpc) is 2.87. The maximum atomic E-state index is 13.7. The predicted molar refractivity (Wildman–Crippen MR) is 142 cm³/mol. The summed E-state index contributed by atoms with van der Waals surface area (Å²) >= 11 is 0. The molecule has 0 saturated carbocycles. The Hall–Kier alpha value is -3.48. The summed E-state index contributed by atoms with van der Waals surface area (Å²) in [5.41, 5.74) is 2.16. The zero-order chi connectivity index (χ0) is 26.1. The molecule has 1 heterocycles. The van der Waals surface area contributed by atoms with Crippen LogP contribution in [0.15, 0.2) is 53.3 Å². The summed E-state index contributed by atoms with van der Waals surface area (Å²) < 4.78 is 6.64. The van der Waals surface area contributed by atoms with Gasteiger partial charge in [-0.2, -0.15) is 0 Å². The number of hydrogen-bond acceptors (Lipinski definition) is 5. The van der Waals surface area contributed by atoms with E-state index in [0.717, 1.165) is 31.2 Å². The van der Waals surface area contributed by atoms with Crippen LogP contribution in [0.4, 0.5) is 0 Å². The van der Waals surface area contributed by atoms with Crippen molar-refractivity contribution >= 4 is 22.8 Å². The van der Waals surface area contributed by atoms with Crippen molar-refractivity contribution in [3.63, 3.8) is 0 Å². The molecule has 192 valence electrons. The number of amides is 1. The summed E-state index contributed by atoms with van der Waals surface area (Å²) in [6, 6.07) is 14.5. The summed E-state index contributed by atoms with van der Waals surface area (Å²) in [6.07, 6.45) is 4.10. The standard InChI is InChI=1S/C29H37N3O4/c1-5-7-8-11-19-31(26(33)17-18-27(34)36-6-2)22(4)28-30-25-16-10-9-15-24(25)29(35)32(28)23-14-12-13-21(3)20-23/h9-10,12-16,20,22H,5-8,11,17-19H2,1-4H3. The van der Waals surface area contributed by atoms with Gasteiger partial charge in [0.25, 0.3) is 5.56 Å². The van der Waals surface area contributed by atoms with Crippen molar-refractivity contribution in [3.8, 4) is 5.69 Å². The Labute approximate surface area is 213 Å². The highest BCUT2D eigenvalue weighted by Crippen LogP contribution is 2.25. The Morgan fingerprint density at radius 2 is 1.81 bits per heavy atom. The highest BCUT2D eigenvalue weighted by molar-refractivity contribution is 5.82. The van der Waals surface area contributed by atoms with Gasteiger partial charge in [0.1, 0.15) is 5.82 Å². The summed E-state index contributed by atoms with van der Waals surface area (Å²) in [4.78, 5) is 45.7. The topological polar surface area (TPSA) is 81.5 Å². The molecule has 3 rings (SSSR count). The number of esters is 1. The number of nitrogens with zero attached hydrogens (tertiary/aromatic N) is 3.